The summed E-state index contributed by atoms with van der Waals surface area (Å²) in [4.78, 5) is 15.7. The van der Waals surface area contributed by atoms with E-state index in [0.29, 0.717) is 25.4 Å². The van der Waals surface area contributed by atoms with Gasteiger partial charge in [-0.3, -0.25) is 15.1 Å². The number of rotatable bonds is 7. The zero-order valence-electron chi connectivity index (χ0n) is 14.4. The van der Waals surface area contributed by atoms with Crippen LogP contribution in [0.5, 0.6) is 0 Å². The summed E-state index contributed by atoms with van der Waals surface area (Å²) in [6, 6.07) is 0. The number of carboxylic acids is 1. The van der Waals surface area contributed by atoms with Gasteiger partial charge < -0.3 is 15.3 Å². The fourth-order valence-electron chi connectivity index (χ4n) is 4.12. The van der Waals surface area contributed by atoms with Gasteiger partial charge in [-0.1, -0.05) is 24.7 Å². The summed E-state index contributed by atoms with van der Waals surface area (Å²) in [5.74, 6) is 5.71. The molecule has 6 nitrogen and oxygen atoms in total. The fourth-order valence-corrected chi connectivity index (χ4v) is 4.12. The molecule has 0 heterocycles. The molecule has 6 heteroatoms. The molecule has 3 rings (SSSR count). The predicted molar refractivity (Wildman–Crippen MR) is 90.9 cm³/mol. The second-order valence-electron chi connectivity index (χ2n) is 7.34. The lowest BCUT2D eigenvalue weighted by Crippen LogP contribution is -2.30. The first kappa shape index (κ1) is 18.2. The Balaban J connectivity index is 1.48. The molecule has 0 saturated heterocycles. The SMILES string of the molecule is O=C(O)CCCONC1=C2CC(O)C(C#CC(O)C3CCCC3)C2C1. The van der Waals surface area contributed by atoms with Crippen LogP contribution in [0.4, 0.5) is 0 Å². The van der Waals surface area contributed by atoms with Crippen LogP contribution in [0.15, 0.2) is 11.3 Å². The van der Waals surface area contributed by atoms with Crippen LogP contribution in [-0.4, -0.2) is 40.1 Å². The molecule has 3 aliphatic rings. The van der Waals surface area contributed by atoms with Crippen molar-refractivity contribution < 1.29 is 25.0 Å². The summed E-state index contributed by atoms with van der Waals surface area (Å²) in [5.41, 5.74) is 5.03. The number of hydroxylamine groups is 1. The van der Waals surface area contributed by atoms with Gasteiger partial charge >= 0.3 is 5.97 Å². The number of aliphatic hydroxyl groups excluding tert-OH is 2. The molecule has 0 amide bonds. The maximum Gasteiger partial charge on any atom is 0.303 e. The number of nitrogens with one attached hydrogen (secondary N) is 1. The molecule has 25 heavy (non-hydrogen) atoms. The average Bonchev–Trinajstić information content (AvgIpc) is 3.17. The van der Waals surface area contributed by atoms with E-state index >= 15 is 0 Å². The molecule has 3 aliphatic carbocycles. The van der Waals surface area contributed by atoms with E-state index < -0.39 is 18.2 Å². The minimum atomic E-state index is -0.825. The number of hydrogen-bond acceptors (Lipinski definition) is 5. The van der Waals surface area contributed by atoms with E-state index in [1.807, 2.05) is 0 Å². The third-order valence-electron chi connectivity index (χ3n) is 5.61. The molecular weight excluding hydrogens is 322 g/mol. The third kappa shape index (κ3) is 4.35. The second kappa shape index (κ2) is 8.22. The summed E-state index contributed by atoms with van der Waals surface area (Å²) < 4.78 is 0. The van der Waals surface area contributed by atoms with Crippen molar-refractivity contribution in [2.45, 2.75) is 63.6 Å². The smallest absolute Gasteiger partial charge is 0.303 e. The highest BCUT2D eigenvalue weighted by Gasteiger charge is 2.45. The molecule has 2 saturated carbocycles. The number of hydrogen-bond donors (Lipinski definition) is 4. The molecule has 4 atom stereocenters. The van der Waals surface area contributed by atoms with Gasteiger partial charge in [-0.25, -0.2) is 0 Å². The van der Waals surface area contributed by atoms with Crippen molar-refractivity contribution in [2.75, 3.05) is 6.61 Å². The van der Waals surface area contributed by atoms with Crippen LogP contribution >= 0.6 is 0 Å². The predicted octanol–water partition coefficient (Wildman–Crippen LogP) is 1.58. The topological polar surface area (TPSA) is 99.0 Å². The van der Waals surface area contributed by atoms with Gasteiger partial charge in [0.25, 0.3) is 0 Å². The third-order valence-corrected chi connectivity index (χ3v) is 5.61. The minimum Gasteiger partial charge on any atom is -0.481 e. The van der Waals surface area contributed by atoms with Crippen molar-refractivity contribution in [2.24, 2.45) is 17.8 Å². The molecule has 4 N–H and O–H groups in total. The van der Waals surface area contributed by atoms with Crippen molar-refractivity contribution in [3.8, 4) is 11.8 Å². The first-order valence-electron chi connectivity index (χ1n) is 9.25. The van der Waals surface area contributed by atoms with Crippen LogP contribution in [0.2, 0.25) is 0 Å². The maximum atomic E-state index is 10.4. The molecule has 2 fully saturated rings. The minimum absolute atomic E-state index is 0.0932. The Morgan fingerprint density at radius 3 is 2.80 bits per heavy atom. The Hall–Kier alpha value is -1.55. The van der Waals surface area contributed by atoms with Gasteiger partial charge in [-0.2, -0.15) is 0 Å². The molecule has 0 spiro atoms. The number of carboxylic acid groups (broad SMARTS) is 1. The van der Waals surface area contributed by atoms with Gasteiger partial charge in [0.2, 0.25) is 0 Å². The Labute approximate surface area is 148 Å². The molecule has 4 unspecified atom stereocenters. The number of allylic oxidation sites excluding steroid dienone is 1. The zero-order chi connectivity index (χ0) is 17.8. The second-order valence-corrected chi connectivity index (χ2v) is 7.34. The summed E-state index contributed by atoms with van der Waals surface area (Å²) in [5, 5.41) is 29.0. The van der Waals surface area contributed by atoms with Gasteiger partial charge in [0, 0.05) is 18.0 Å². The van der Waals surface area contributed by atoms with Gasteiger partial charge in [-0.05, 0) is 43.6 Å². The van der Waals surface area contributed by atoms with Crippen molar-refractivity contribution >= 4 is 5.97 Å². The van der Waals surface area contributed by atoms with E-state index in [1.165, 1.54) is 12.8 Å². The molecule has 0 aromatic heterocycles. The maximum absolute atomic E-state index is 10.4. The van der Waals surface area contributed by atoms with Gasteiger partial charge in [0.15, 0.2) is 0 Å². The first-order chi connectivity index (χ1) is 12.1. The summed E-state index contributed by atoms with van der Waals surface area (Å²) in [7, 11) is 0. The van der Waals surface area contributed by atoms with E-state index in [-0.39, 0.29) is 18.3 Å². The Morgan fingerprint density at radius 2 is 2.08 bits per heavy atom. The molecule has 138 valence electrons. The van der Waals surface area contributed by atoms with Crippen LogP contribution in [0.25, 0.3) is 0 Å². The molecule has 0 radical (unpaired) electrons. The lowest BCUT2D eigenvalue weighted by Gasteiger charge is -2.30. The van der Waals surface area contributed by atoms with E-state index in [9.17, 15) is 15.0 Å². The quantitative estimate of drug-likeness (QED) is 0.316. The molecule has 0 aromatic rings. The van der Waals surface area contributed by atoms with E-state index in [1.54, 1.807) is 0 Å². The highest BCUT2D eigenvalue weighted by molar-refractivity contribution is 5.66. The monoisotopic (exact) mass is 349 g/mol. The first-order valence-corrected chi connectivity index (χ1v) is 9.25. The normalized spacial score (nSPS) is 29.6. The average molecular weight is 349 g/mol. The zero-order valence-corrected chi connectivity index (χ0v) is 14.4. The van der Waals surface area contributed by atoms with Crippen LogP contribution in [0.3, 0.4) is 0 Å². The van der Waals surface area contributed by atoms with Gasteiger partial charge in [-0.15, -0.1) is 0 Å². The van der Waals surface area contributed by atoms with Crippen LogP contribution < -0.4 is 5.48 Å². The van der Waals surface area contributed by atoms with E-state index in [2.05, 4.69) is 17.3 Å². The van der Waals surface area contributed by atoms with Crippen molar-refractivity contribution in [1.82, 2.24) is 5.48 Å². The van der Waals surface area contributed by atoms with Gasteiger partial charge in [0.1, 0.15) is 6.10 Å². The molecule has 0 bridgehead atoms. The summed E-state index contributed by atoms with van der Waals surface area (Å²) in [6.07, 6.45) is 5.30. The van der Waals surface area contributed by atoms with E-state index in [4.69, 9.17) is 9.94 Å². The highest BCUT2D eigenvalue weighted by atomic mass is 16.6. The Morgan fingerprint density at radius 1 is 1.32 bits per heavy atom. The lowest BCUT2D eigenvalue weighted by molar-refractivity contribution is -0.137. The number of carbonyl (C=O) groups is 1. The van der Waals surface area contributed by atoms with Crippen molar-refractivity contribution in [3.05, 3.63) is 11.3 Å². The van der Waals surface area contributed by atoms with E-state index in [0.717, 1.165) is 30.5 Å². The number of fused-ring (bicyclic) bond motifs is 1. The largest absolute Gasteiger partial charge is 0.481 e. The summed E-state index contributed by atoms with van der Waals surface area (Å²) in [6.45, 7) is 0.340. The van der Waals surface area contributed by atoms with Crippen molar-refractivity contribution in [1.29, 1.82) is 0 Å². The standard InChI is InChI=1S/C19H27NO5/c21-17(12-4-1-2-5-12)8-7-13-14-10-16(15(14)11-18(13)22)20-25-9-3-6-19(23)24/h12-14,17-18,20-22H,1-6,9-11H2,(H,23,24). The number of aliphatic hydroxyl groups is 2. The van der Waals surface area contributed by atoms with Crippen molar-refractivity contribution in [3.63, 3.8) is 0 Å². The molecular formula is C19H27NO5. The fraction of sp³-hybridized carbons (Fsp3) is 0.737. The number of aliphatic carboxylic acids is 1. The molecule has 0 aliphatic heterocycles. The van der Waals surface area contributed by atoms with Crippen LogP contribution in [-0.2, 0) is 9.63 Å². The lowest BCUT2D eigenvalue weighted by atomic mass is 9.79. The van der Waals surface area contributed by atoms with Gasteiger partial charge in [0.05, 0.1) is 18.6 Å². The Kier molecular flexibility index (Phi) is 6.00. The summed E-state index contributed by atoms with van der Waals surface area (Å²) >= 11 is 0. The van der Waals surface area contributed by atoms with Crippen LogP contribution in [0, 0.1) is 29.6 Å². The Bertz CT molecular complexity index is 584. The highest BCUT2D eigenvalue weighted by Crippen LogP contribution is 2.48. The molecule has 0 aromatic carbocycles. The van der Waals surface area contributed by atoms with Crippen LogP contribution in [0.1, 0.15) is 51.4 Å².